The maximum Gasteiger partial charge on any atom is 0.250 e. The first kappa shape index (κ1) is 32.4. The molecule has 3 fully saturated rings. The fraction of sp³-hybridized carbons (Fsp3) is 0.450. The van der Waals surface area contributed by atoms with Crippen molar-refractivity contribution in [2.24, 2.45) is 11.3 Å². The summed E-state index contributed by atoms with van der Waals surface area (Å²) in [5, 5.41) is 4.39. The van der Waals surface area contributed by atoms with Crippen molar-refractivity contribution in [2.45, 2.75) is 77.3 Å². The van der Waals surface area contributed by atoms with Gasteiger partial charge in [-0.3, -0.25) is 9.59 Å². The van der Waals surface area contributed by atoms with E-state index in [1.807, 2.05) is 30.3 Å². The number of nitrogens with zero attached hydrogens (tertiary/aromatic N) is 2. The van der Waals surface area contributed by atoms with Gasteiger partial charge in [0.25, 0.3) is 0 Å². The molecule has 2 heterocycles. The molecule has 2 N–H and O–H groups in total. The molecule has 7 nitrogen and oxygen atoms in total. The summed E-state index contributed by atoms with van der Waals surface area (Å²) in [6.07, 6.45) is 4.05. The van der Waals surface area contributed by atoms with E-state index in [1.54, 1.807) is 23.1 Å². The van der Waals surface area contributed by atoms with Gasteiger partial charge < -0.3 is 24.8 Å². The molecule has 3 aliphatic rings. The average Bonchev–Trinajstić information content (AvgIpc) is 3.45. The van der Waals surface area contributed by atoms with Crippen molar-refractivity contribution >= 4 is 34.1 Å². The molecule has 0 spiro atoms. The number of halogens is 1. The number of rotatable bonds is 9. The summed E-state index contributed by atoms with van der Waals surface area (Å²) in [6.45, 7) is 9.71. The second-order valence-electron chi connectivity index (χ2n) is 14.6. The van der Waals surface area contributed by atoms with Gasteiger partial charge >= 0.3 is 0 Å². The summed E-state index contributed by atoms with van der Waals surface area (Å²) in [7, 11) is 0. The third-order valence-corrected chi connectivity index (χ3v) is 11.4. The van der Waals surface area contributed by atoms with E-state index in [4.69, 9.17) is 4.74 Å². The number of H-pyrrole nitrogens is 1. The number of aromatic nitrogens is 1. The van der Waals surface area contributed by atoms with Crippen LogP contribution in [0.15, 0.2) is 72.8 Å². The Morgan fingerprint density at radius 2 is 1.65 bits per heavy atom. The fourth-order valence-corrected chi connectivity index (χ4v) is 8.55. The van der Waals surface area contributed by atoms with Gasteiger partial charge in [-0.25, -0.2) is 4.39 Å². The van der Waals surface area contributed by atoms with E-state index in [9.17, 15) is 9.59 Å². The molecule has 48 heavy (non-hydrogen) atoms. The molecule has 2 atom stereocenters. The summed E-state index contributed by atoms with van der Waals surface area (Å²) >= 11 is 0. The van der Waals surface area contributed by atoms with E-state index < -0.39 is 5.54 Å². The average molecular weight is 651 g/mol. The lowest BCUT2D eigenvalue weighted by molar-refractivity contribution is -0.149. The lowest BCUT2D eigenvalue weighted by Gasteiger charge is -2.45. The van der Waals surface area contributed by atoms with Crippen LogP contribution in [0, 0.1) is 24.1 Å². The molecule has 3 aromatic carbocycles. The van der Waals surface area contributed by atoms with Crippen LogP contribution in [0.4, 0.5) is 15.8 Å². The normalized spacial score (nSPS) is 21.5. The highest BCUT2D eigenvalue weighted by Gasteiger charge is 2.60. The number of nitrogens with one attached hydrogen (secondary N) is 2. The smallest absolute Gasteiger partial charge is 0.250 e. The minimum Gasteiger partial charge on any atom is -0.378 e. The minimum atomic E-state index is -1.08. The molecular formula is C40H47FN4O3. The minimum absolute atomic E-state index is 0.0544. The maximum atomic E-state index is 15.2. The van der Waals surface area contributed by atoms with Crippen LogP contribution in [-0.4, -0.2) is 53.5 Å². The predicted octanol–water partition coefficient (Wildman–Crippen LogP) is 7.95. The van der Waals surface area contributed by atoms with Gasteiger partial charge in [0.15, 0.2) is 0 Å². The largest absolute Gasteiger partial charge is 0.378 e. The van der Waals surface area contributed by atoms with E-state index in [1.165, 1.54) is 17.0 Å². The number of hydrogen-bond donors (Lipinski definition) is 2. The van der Waals surface area contributed by atoms with Crippen LogP contribution in [0.25, 0.3) is 10.9 Å². The molecule has 0 bridgehead atoms. The van der Waals surface area contributed by atoms with Crippen LogP contribution in [-0.2, 0) is 20.9 Å². The molecule has 8 heteroatoms. The van der Waals surface area contributed by atoms with Gasteiger partial charge in [-0.05, 0) is 79.0 Å². The number of aryl methyl sites for hydroxylation is 1. The zero-order valence-corrected chi connectivity index (χ0v) is 28.4. The Morgan fingerprint density at radius 1 is 0.958 bits per heavy atom. The van der Waals surface area contributed by atoms with Gasteiger partial charge in [0, 0.05) is 59.6 Å². The molecule has 2 aliphatic carbocycles. The standard InChI is InChI=1S/C40H47FN4O3/c1-27-36(31-12-6-8-14-34(31)42-27)37-32(39(37,2)3)25-35(46)45(26-28-11-5-7-13-33(28)41)40(19-9-4-10-20-40)38(47)43-29-15-17-30(18-16-29)44-21-23-48-24-22-44/h5-8,11-18,32,37,42H,4,9-10,19-26H2,1-3H3,(H,43,47)/t32-,37-/m1/s1. The highest BCUT2D eigenvalue weighted by atomic mass is 19.1. The van der Waals surface area contributed by atoms with Crippen molar-refractivity contribution in [3.05, 3.63) is 95.4 Å². The van der Waals surface area contributed by atoms with E-state index in [0.29, 0.717) is 43.7 Å². The van der Waals surface area contributed by atoms with Gasteiger partial charge in [-0.15, -0.1) is 0 Å². The number of morpholine rings is 1. The van der Waals surface area contributed by atoms with Gasteiger partial charge in [0.2, 0.25) is 11.8 Å². The lowest BCUT2D eigenvalue weighted by atomic mass is 9.78. The molecule has 1 aliphatic heterocycles. The first-order valence-electron chi connectivity index (χ1n) is 17.5. The Kier molecular flexibility index (Phi) is 8.79. The molecular weight excluding hydrogens is 603 g/mol. The van der Waals surface area contributed by atoms with Crippen LogP contribution >= 0.6 is 0 Å². The first-order valence-corrected chi connectivity index (χ1v) is 17.5. The van der Waals surface area contributed by atoms with Crippen LogP contribution in [0.2, 0.25) is 0 Å². The van der Waals surface area contributed by atoms with Gasteiger partial charge in [0.05, 0.1) is 13.2 Å². The van der Waals surface area contributed by atoms with E-state index in [2.05, 4.69) is 54.2 Å². The number of hydrogen-bond acceptors (Lipinski definition) is 4. The van der Waals surface area contributed by atoms with Crippen molar-refractivity contribution in [3.8, 4) is 0 Å². The number of ether oxygens (including phenoxy) is 1. The molecule has 0 unspecified atom stereocenters. The first-order chi connectivity index (χ1) is 23.2. The van der Waals surface area contributed by atoms with Crippen molar-refractivity contribution < 1.29 is 18.7 Å². The highest BCUT2D eigenvalue weighted by Crippen LogP contribution is 2.67. The topological polar surface area (TPSA) is 77.7 Å². The third-order valence-electron chi connectivity index (χ3n) is 11.4. The Hall–Kier alpha value is -4.17. The second-order valence-corrected chi connectivity index (χ2v) is 14.6. The second kappa shape index (κ2) is 13.0. The van der Waals surface area contributed by atoms with Crippen LogP contribution in [0.1, 0.15) is 75.1 Å². The number of fused-ring (bicyclic) bond motifs is 1. The number of aromatic amines is 1. The molecule has 1 saturated heterocycles. The molecule has 4 aromatic rings. The fourth-order valence-electron chi connectivity index (χ4n) is 8.55. The van der Waals surface area contributed by atoms with E-state index in [0.717, 1.165) is 49.2 Å². The number of para-hydroxylation sites is 1. The van der Waals surface area contributed by atoms with Crippen LogP contribution in [0.5, 0.6) is 0 Å². The molecule has 252 valence electrons. The van der Waals surface area contributed by atoms with Gasteiger partial charge in [-0.1, -0.05) is 69.5 Å². The SMILES string of the molecule is Cc1[nH]c2ccccc2c1[C@H]1[C@@H](CC(=O)N(Cc2ccccc2F)C2(C(=O)Nc3ccc(N4CCOCC4)cc3)CCCCC2)C1(C)C. The summed E-state index contributed by atoms with van der Waals surface area (Å²) in [5.41, 5.74) is 4.55. The van der Waals surface area contributed by atoms with Gasteiger partial charge in [-0.2, -0.15) is 0 Å². The van der Waals surface area contributed by atoms with Gasteiger partial charge in [0.1, 0.15) is 11.4 Å². The van der Waals surface area contributed by atoms with Crippen molar-refractivity contribution in [2.75, 3.05) is 36.5 Å². The van der Waals surface area contributed by atoms with E-state index in [-0.39, 0.29) is 41.4 Å². The van der Waals surface area contributed by atoms with Crippen LogP contribution < -0.4 is 10.2 Å². The molecule has 1 aromatic heterocycles. The Bertz CT molecular complexity index is 1790. The molecule has 0 radical (unpaired) electrons. The van der Waals surface area contributed by atoms with Crippen molar-refractivity contribution in [3.63, 3.8) is 0 Å². The summed E-state index contributed by atoms with van der Waals surface area (Å²) in [5.74, 6) is -0.336. The number of carbonyl (C=O) groups is 2. The predicted molar refractivity (Wildman–Crippen MR) is 189 cm³/mol. The molecule has 2 saturated carbocycles. The highest BCUT2D eigenvalue weighted by molar-refractivity contribution is 6.01. The maximum absolute atomic E-state index is 15.2. The summed E-state index contributed by atoms with van der Waals surface area (Å²) in [4.78, 5) is 36.8. The Balaban J connectivity index is 1.18. The number of amides is 2. The molecule has 2 amide bonds. The number of anilines is 2. The van der Waals surface area contributed by atoms with Crippen molar-refractivity contribution in [1.29, 1.82) is 0 Å². The Labute approximate surface area is 282 Å². The third kappa shape index (κ3) is 6.00. The quantitative estimate of drug-likeness (QED) is 0.193. The zero-order chi connectivity index (χ0) is 33.5. The molecule has 7 rings (SSSR count). The lowest BCUT2D eigenvalue weighted by Crippen LogP contribution is -2.59. The number of benzene rings is 3. The van der Waals surface area contributed by atoms with E-state index >= 15 is 4.39 Å². The summed E-state index contributed by atoms with van der Waals surface area (Å²) in [6, 6.07) is 22.9. The monoisotopic (exact) mass is 650 g/mol. The van der Waals surface area contributed by atoms with Crippen molar-refractivity contribution in [1.82, 2.24) is 9.88 Å². The summed E-state index contributed by atoms with van der Waals surface area (Å²) < 4.78 is 20.7. The Morgan fingerprint density at radius 3 is 2.38 bits per heavy atom. The number of carbonyl (C=O) groups excluding carboxylic acids is 2. The van der Waals surface area contributed by atoms with Crippen LogP contribution in [0.3, 0.4) is 0 Å². The zero-order valence-electron chi connectivity index (χ0n) is 28.4.